The number of hydrogen-bond acceptors (Lipinski definition) is 4. The third-order valence-electron chi connectivity index (χ3n) is 2.71. The predicted molar refractivity (Wildman–Crippen MR) is 60.7 cm³/mol. The van der Waals surface area contributed by atoms with Gasteiger partial charge in [0.1, 0.15) is 0 Å². The normalized spacial score (nSPS) is 16.5. The molecule has 3 heterocycles. The Morgan fingerprint density at radius 1 is 1.24 bits per heavy atom. The van der Waals surface area contributed by atoms with Gasteiger partial charge < -0.3 is 9.47 Å². The highest BCUT2D eigenvalue weighted by Crippen LogP contribution is 2.22. The number of nitrogens with zero attached hydrogens (tertiary/aromatic N) is 3. The monoisotopic (exact) mass is 231 g/mol. The Morgan fingerprint density at radius 3 is 2.65 bits per heavy atom. The van der Waals surface area contributed by atoms with E-state index >= 15 is 0 Å². The third kappa shape index (κ3) is 1.94. The lowest BCUT2D eigenvalue weighted by Crippen LogP contribution is -2.04. The largest absolute Gasteiger partial charge is 0.346 e. The van der Waals surface area contributed by atoms with Gasteiger partial charge in [0, 0.05) is 23.7 Å². The maximum absolute atomic E-state index is 5.41. The molecule has 1 aliphatic heterocycles. The zero-order chi connectivity index (χ0) is 11.7. The van der Waals surface area contributed by atoms with Gasteiger partial charge in [-0.15, -0.1) is 0 Å². The van der Waals surface area contributed by atoms with Crippen LogP contribution in [0.15, 0.2) is 30.6 Å². The summed E-state index contributed by atoms with van der Waals surface area (Å²) >= 11 is 0. The van der Waals surface area contributed by atoms with Crippen LogP contribution in [0.2, 0.25) is 0 Å². The molecule has 0 N–H and O–H groups in total. The van der Waals surface area contributed by atoms with Gasteiger partial charge >= 0.3 is 0 Å². The Labute approximate surface area is 99.0 Å². The highest BCUT2D eigenvalue weighted by atomic mass is 16.7. The Hall–Kier alpha value is -1.72. The van der Waals surface area contributed by atoms with E-state index in [0.717, 1.165) is 17.1 Å². The second-order valence-corrected chi connectivity index (χ2v) is 3.91. The molecule has 0 amide bonds. The molecule has 5 nitrogen and oxygen atoms in total. The minimum absolute atomic E-state index is 0.268. The Bertz CT molecular complexity index is 501. The van der Waals surface area contributed by atoms with Crippen molar-refractivity contribution >= 4 is 0 Å². The van der Waals surface area contributed by atoms with Crippen LogP contribution in [0, 0.1) is 6.92 Å². The zero-order valence-electron chi connectivity index (χ0n) is 9.54. The van der Waals surface area contributed by atoms with Gasteiger partial charge in [-0.05, 0) is 25.1 Å². The van der Waals surface area contributed by atoms with Gasteiger partial charge in [-0.25, -0.2) is 9.67 Å². The lowest BCUT2D eigenvalue weighted by molar-refractivity contribution is -0.0443. The first-order valence-electron chi connectivity index (χ1n) is 5.55. The molecule has 3 rings (SSSR count). The van der Waals surface area contributed by atoms with Crippen molar-refractivity contribution in [1.29, 1.82) is 0 Å². The summed E-state index contributed by atoms with van der Waals surface area (Å²) < 4.78 is 12.6. The van der Waals surface area contributed by atoms with Crippen LogP contribution in [0.25, 0.3) is 5.82 Å². The summed E-state index contributed by atoms with van der Waals surface area (Å²) in [5, 5.41) is 4.20. The van der Waals surface area contributed by atoms with E-state index < -0.39 is 0 Å². The molecule has 0 radical (unpaired) electrons. The predicted octanol–water partition coefficient (Wildman–Crippen LogP) is 1.62. The van der Waals surface area contributed by atoms with Crippen molar-refractivity contribution in [2.24, 2.45) is 0 Å². The van der Waals surface area contributed by atoms with Crippen molar-refractivity contribution in [3.63, 3.8) is 0 Å². The highest BCUT2D eigenvalue weighted by Gasteiger charge is 2.18. The molecular weight excluding hydrogens is 218 g/mol. The molecule has 0 aliphatic carbocycles. The van der Waals surface area contributed by atoms with Crippen LogP contribution >= 0.6 is 0 Å². The molecule has 0 aromatic carbocycles. The summed E-state index contributed by atoms with van der Waals surface area (Å²) in [6, 6.07) is 5.82. The molecule has 1 saturated heterocycles. The van der Waals surface area contributed by atoms with E-state index in [1.54, 1.807) is 17.1 Å². The topological polar surface area (TPSA) is 49.2 Å². The fourth-order valence-corrected chi connectivity index (χ4v) is 1.82. The van der Waals surface area contributed by atoms with Gasteiger partial charge in [0.15, 0.2) is 12.1 Å². The second-order valence-electron chi connectivity index (χ2n) is 3.91. The van der Waals surface area contributed by atoms with Gasteiger partial charge in [-0.3, -0.25) is 0 Å². The number of rotatable bonds is 2. The van der Waals surface area contributed by atoms with Crippen molar-refractivity contribution in [3.8, 4) is 5.82 Å². The average molecular weight is 231 g/mol. The first-order chi connectivity index (χ1) is 8.34. The van der Waals surface area contributed by atoms with Gasteiger partial charge in [-0.2, -0.15) is 5.10 Å². The molecule has 0 unspecified atom stereocenters. The Morgan fingerprint density at radius 2 is 2.06 bits per heavy atom. The first-order valence-corrected chi connectivity index (χ1v) is 5.55. The van der Waals surface area contributed by atoms with Gasteiger partial charge in [0.25, 0.3) is 0 Å². The summed E-state index contributed by atoms with van der Waals surface area (Å²) in [6.07, 6.45) is 3.26. The molecule has 0 spiro atoms. The molecular formula is C12H13N3O2. The van der Waals surface area contributed by atoms with Crippen molar-refractivity contribution in [2.45, 2.75) is 13.2 Å². The highest BCUT2D eigenvalue weighted by molar-refractivity contribution is 5.27. The van der Waals surface area contributed by atoms with Crippen LogP contribution in [0.4, 0.5) is 0 Å². The van der Waals surface area contributed by atoms with E-state index in [1.807, 2.05) is 25.1 Å². The molecule has 5 heteroatoms. The molecule has 0 atom stereocenters. The SMILES string of the molecule is Cc1ccnn1-c1ccc(C2OCCO2)cn1. The second kappa shape index (κ2) is 4.27. The van der Waals surface area contributed by atoms with E-state index in [2.05, 4.69) is 10.1 Å². The summed E-state index contributed by atoms with van der Waals surface area (Å²) in [5.74, 6) is 0.800. The molecule has 2 aromatic heterocycles. The molecule has 0 bridgehead atoms. The quantitative estimate of drug-likeness (QED) is 0.788. The fraction of sp³-hybridized carbons (Fsp3) is 0.333. The van der Waals surface area contributed by atoms with Crippen LogP contribution in [-0.4, -0.2) is 28.0 Å². The maximum atomic E-state index is 5.41. The summed E-state index contributed by atoms with van der Waals surface area (Å²) in [5.41, 5.74) is 2.00. The van der Waals surface area contributed by atoms with E-state index in [0.29, 0.717) is 13.2 Å². The van der Waals surface area contributed by atoms with Crippen LogP contribution in [0.5, 0.6) is 0 Å². The number of aryl methyl sites for hydroxylation is 1. The molecule has 17 heavy (non-hydrogen) atoms. The average Bonchev–Trinajstić information content (AvgIpc) is 3.00. The third-order valence-corrected chi connectivity index (χ3v) is 2.71. The van der Waals surface area contributed by atoms with Crippen LogP contribution in [-0.2, 0) is 9.47 Å². The first kappa shape index (κ1) is 10.4. The van der Waals surface area contributed by atoms with E-state index in [9.17, 15) is 0 Å². The van der Waals surface area contributed by atoms with Crippen molar-refractivity contribution in [1.82, 2.24) is 14.8 Å². The van der Waals surface area contributed by atoms with Crippen molar-refractivity contribution in [3.05, 3.63) is 41.9 Å². The van der Waals surface area contributed by atoms with Crippen molar-refractivity contribution < 1.29 is 9.47 Å². The lowest BCUT2D eigenvalue weighted by atomic mass is 10.3. The van der Waals surface area contributed by atoms with Gasteiger partial charge in [-0.1, -0.05) is 0 Å². The minimum Gasteiger partial charge on any atom is -0.346 e. The molecule has 1 fully saturated rings. The minimum atomic E-state index is -0.268. The zero-order valence-corrected chi connectivity index (χ0v) is 9.54. The van der Waals surface area contributed by atoms with Crippen molar-refractivity contribution in [2.75, 3.05) is 13.2 Å². The summed E-state index contributed by atoms with van der Waals surface area (Å²) in [4.78, 5) is 4.37. The van der Waals surface area contributed by atoms with Gasteiger partial charge in [0.2, 0.25) is 0 Å². The maximum Gasteiger partial charge on any atom is 0.185 e. The number of pyridine rings is 1. The standard InChI is InChI=1S/C12H13N3O2/c1-9-4-5-14-15(9)11-3-2-10(8-13-11)12-16-6-7-17-12/h2-5,8,12H,6-7H2,1H3. The number of hydrogen-bond donors (Lipinski definition) is 0. The van der Waals surface area contributed by atoms with E-state index in [4.69, 9.17) is 9.47 Å². The molecule has 1 aliphatic rings. The van der Waals surface area contributed by atoms with E-state index in [1.165, 1.54) is 0 Å². The van der Waals surface area contributed by atoms with E-state index in [-0.39, 0.29) is 6.29 Å². The Kier molecular flexibility index (Phi) is 2.62. The number of ether oxygens (including phenoxy) is 2. The fourth-order valence-electron chi connectivity index (χ4n) is 1.82. The molecule has 2 aromatic rings. The Balaban J connectivity index is 1.87. The molecule has 0 saturated carbocycles. The van der Waals surface area contributed by atoms with Crippen LogP contribution in [0.3, 0.4) is 0 Å². The summed E-state index contributed by atoms with van der Waals surface area (Å²) in [7, 11) is 0. The lowest BCUT2D eigenvalue weighted by Gasteiger charge is -2.09. The number of aromatic nitrogens is 3. The molecule has 88 valence electrons. The summed E-state index contributed by atoms with van der Waals surface area (Å²) in [6.45, 7) is 3.28. The smallest absolute Gasteiger partial charge is 0.185 e. The van der Waals surface area contributed by atoms with Crippen LogP contribution < -0.4 is 0 Å². The van der Waals surface area contributed by atoms with Gasteiger partial charge in [0.05, 0.1) is 13.2 Å². The van der Waals surface area contributed by atoms with Crippen LogP contribution in [0.1, 0.15) is 17.5 Å².